The lowest BCUT2D eigenvalue weighted by Gasteiger charge is -2.41. The van der Waals surface area contributed by atoms with Gasteiger partial charge < -0.3 is 24.5 Å². The fraction of sp³-hybridized carbons (Fsp3) is 0.842. The van der Waals surface area contributed by atoms with Gasteiger partial charge in [0.1, 0.15) is 6.04 Å². The molecule has 3 heterocycles. The van der Waals surface area contributed by atoms with Crippen LogP contribution in [0.2, 0.25) is 0 Å². The number of carbonyl (C=O) groups excluding carboxylic acids is 1. The first-order chi connectivity index (χ1) is 12.9. The maximum atomic E-state index is 12.5. The van der Waals surface area contributed by atoms with Crippen molar-refractivity contribution >= 4 is 6.03 Å². The molecular formula is C19H34N6O2. The lowest BCUT2D eigenvalue weighted by atomic mass is 9.93. The van der Waals surface area contributed by atoms with E-state index >= 15 is 0 Å². The lowest BCUT2D eigenvalue weighted by Crippen LogP contribution is -2.48. The van der Waals surface area contributed by atoms with Crippen LogP contribution in [0.4, 0.5) is 4.79 Å². The number of nitrogens with zero attached hydrogens (tertiary/aromatic N) is 5. The van der Waals surface area contributed by atoms with Crippen LogP contribution in [0, 0.1) is 12.8 Å². The Morgan fingerprint density at radius 2 is 1.93 bits per heavy atom. The maximum absolute atomic E-state index is 12.5. The molecule has 0 aromatic carbocycles. The molecule has 2 aliphatic rings. The second-order valence-corrected chi connectivity index (χ2v) is 8.17. The first-order valence-electron chi connectivity index (χ1n) is 10.2. The molecule has 2 saturated heterocycles. The highest BCUT2D eigenvalue weighted by Crippen LogP contribution is 2.23. The summed E-state index contributed by atoms with van der Waals surface area (Å²) in [6.07, 6.45) is 4.90. The molecule has 1 aromatic heterocycles. The molecule has 8 nitrogen and oxygen atoms in total. The summed E-state index contributed by atoms with van der Waals surface area (Å²) < 4.78 is 5.18. The van der Waals surface area contributed by atoms with Crippen LogP contribution < -0.4 is 5.32 Å². The van der Waals surface area contributed by atoms with Crippen molar-refractivity contribution in [2.75, 3.05) is 46.8 Å². The molecule has 0 spiro atoms. The molecule has 1 aromatic rings. The molecule has 1 atom stereocenters. The van der Waals surface area contributed by atoms with E-state index in [9.17, 15) is 4.79 Å². The fourth-order valence-corrected chi connectivity index (χ4v) is 4.06. The van der Waals surface area contributed by atoms with Crippen molar-refractivity contribution in [2.24, 2.45) is 5.92 Å². The molecular weight excluding hydrogens is 344 g/mol. The summed E-state index contributed by atoms with van der Waals surface area (Å²) in [5.41, 5.74) is 0. The van der Waals surface area contributed by atoms with Gasteiger partial charge in [-0.2, -0.15) is 4.98 Å². The molecule has 8 heteroatoms. The van der Waals surface area contributed by atoms with Crippen LogP contribution in [0.5, 0.6) is 0 Å². The number of aryl methyl sites for hydroxylation is 1. The number of likely N-dealkylation sites (tertiary alicyclic amines) is 2. The van der Waals surface area contributed by atoms with Crippen molar-refractivity contribution in [3.05, 3.63) is 11.7 Å². The number of urea groups is 1. The van der Waals surface area contributed by atoms with Crippen molar-refractivity contribution in [2.45, 2.75) is 51.6 Å². The van der Waals surface area contributed by atoms with Gasteiger partial charge in [0, 0.05) is 19.6 Å². The van der Waals surface area contributed by atoms with E-state index in [1.54, 1.807) is 18.9 Å². The van der Waals surface area contributed by atoms with E-state index < -0.39 is 0 Å². The second-order valence-electron chi connectivity index (χ2n) is 8.17. The summed E-state index contributed by atoms with van der Waals surface area (Å²) in [5, 5.41) is 6.88. The van der Waals surface area contributed by atoms with Crippen LogP contribution in [0.1, 0.15) is 50.4 Å². The fourth-order valence-electron chi connectivity index (χ4n) is 4.06. The number of carbonyl (C=O) groups is 1. The van der Waals surface area contributed by atoms with Crippen LogP contribution in [0.25, 0.3) is 0 Å². The van der Waals surface area contributed by atoms with Gasteiger partial charge in [0.2, 0.25) is 5.89 Å². The highest BCUT2D eigenvalue weighted by atomic mass is 16.5. The topological polar surface area (TPSA) is 77.7 Å². The quantitative estimate of drug-likeness (QED) is 0.843. The van der Waals surface area contributed by atoms with E-state index in [-0.39, 0.29) is 12.1 Å². The number of aromatic nitrogens is 2. The molecule has 0 aliphatic carbocycles. The average Bonchev–Trinajstić information content (AvgIpc) is 3.12. The molecule has 0 bridgehead atoms. The first-order valence-corrected chi connectivity index (χ1v) is 10.2. The summed E-state index contributed by atoms with van der Waals surface area (Å²) >= 11 is 0. The number of amides is 2. The standard InChI is InChI=1S/C19H34N6O2/c1-14(18-21-15(2)22-27-18)24(4)19(26)20-13-16-5-11-25(12-6-16)17-7-9-23(3)10-8-17/h14,16-17H,5-13H2,1-4H3,(H,20,26)/t14-/m1/s1. The van der Waals surface area contributed by atoms with Gasteiger partial charge in [0.25, 0.3) is 0 Å². The molecule has 2 fully saturated rings. The predicted octanol–water partition coefficient (Wildman–Crippen LogP) is 1.89. The summed E-state index contributed by atoms with van der Waals surface area (Å²) in [6, 6.07) is 0.426. The van der Waals surface area contributed by atoms with Gasteiger partial charge in [-0.3, -0.25) is 0 Å². The Labute approximate surface area is 162 Å². The minimum absolute atomic E-state index is 0.0869. The van der Waals surface area contributed by atoms with E-state index in [1.807, 2.05) is 6.92 Å². The van der Waals surface area contributed by atoms with Crippen molar-refractivity contribution in [3.63, 3.8) is 0 Å². The van der Waals surface area contributed by atoms with Crippen LogP contribution in [0.15, 0.2) is 4.52 Å². The summed E-state index contributed by atoms with van der Waals surface area (Å²) in [6.45, 7) is 9.14. The highest BCUT2D eigenvalue weighted by molar-refractivity contribution is 5.74. The van der Waals surface area contributed by atoms with E-state index in [0.717, 1.165) is 38.5 Å². The third kappa shape index (κ3) is 5.19. The van der Waals surface area contributed by atoms with Crippen molar-refractivity contribution < 1.29 is 9.32 Å². The zero-order chi connectivity index (χ0) is 19.4. The molecule has 0 unspecified atom stereocenters. The molecule has 2 amide bonds. The van der Waals surface area contributed by atoms with Crippen LogP contribution in [0.3, 0.4) is 0 Å². The average molecular weight is 379 g/mol. The van der Waals surface area contributed by atoms with Gasteiger partial charge in [-0.05, 0) is 78.7 Å². The monoisotopic (exact) mass is 378 g/mol. The highest BCUT2D eigenvalue weighted by Gasteiger charge is 2.28. The Bertz CT molecular complexity index is 605. The van der Waals surface area contributed by atoms with Gasteiger partial charge in [0.15, 0.2) is 5.82 Å². The summed E-state index contributed by atoms with van der Waals surface area (Å²) in [7, 11) is 3.98. The molecule has 2 aliphatic heterocycles. The van der Waals surface area contributed by atoms with E-state index in [0.29, 0.717) is 17.6 Å². The van der Waals surface area contributed by atoms with Gasteiger partial charge in [-0.25, -0.2) is 4.79 Å². The second kappa shape index (κ2) is 9.01. The largest absolute Gasteiger partial charge is 0.338 e. The van der Waals surface area contributed by atoms with Gasteiger partial charge in [-0.1, -0.05) is 5.16 Å². The van der Waals surface area contributed by atoms with Crippen molar-refractivity contribution in [1.82, 2.24) is 30.2 Å². The van der Waals surface area contributed by atoms with E-state index in [4.69, 9.17) is 4.52 Å². The molecule has 0 radical (unpaired) electrons. The van der Waals surface area contributed by atoms with Crippen molar-refractivity contribution in [1.29, 1.82) is 0 Å². The SMILES string of the molecule is Cc1noc([C@@H](C)N(C)C(=O)NCC2CCN(C3CCN(C)CC3)CC2)n1. The Hall–Kier alpha value is -1.67. The summed E-state index contributed by atoms with van der Waals surface area (Å²) in [5.74, 6) is 1.62. The van der Waals surface area contributed by atoms with Crippen LogP contribution >= 0.6 is 0 Å². The minimum Gasteiger partial charge on any atom is -0.338 e. The molecule has 0 saturated carbocycles. The van der Waals surface area contributed by atoms with Gasteiger partial charge in [-0.15, -0.1) is 0 Å². The van der Waals surface area contributed by atoms with Crippen LogP contribution in [-0.2, 0) is 0 Å². The molecule has 27 heavy (non-hydrogen) atoms. The third-order valence-electron chi connectivity index (χ3n) is 6.20. The predicted molar refractivity (Wildman–Crippen MR) is 103 cm³/mol. The van der Waals surface area contributed by atoms with E-state index in [1.165, 1.54) is 25.9 Å². The van der Waals surface area contributed by atoms with E-state index in [2.05, 4.69) is 32.3 Å². The number of nitrogens with one attached hydrogen (secondary N) is 1. The minimum atomic E-state index is -0.238. The Morgan fingerprint density at radius 3 is 2.52 bits per heavy atom. The van der Waals surface area contributed by atoms with Gasteiger partial charge >= 0.3 is 6.03 Å². The number of hydrogen-bond acceptors (Lipinski definition) is 6. The van der Waals surface area contributed by atoms with Crippen molar-refractivity contribution in [3.8, 4) is 0 Å². The van der Waals surface area contributed by atoms with Crippen LogP contribution in [-0.4, -0.2) is 83.7 Å². The molecule has 3 rings (SSSR count). The zero-order valence-corrected chi connectivity index (χ0v) is 17.1. The number of piperidine rings is 2. The number of rotatable bonds is 5. The zero-order valence-electron chi connectivity index (χ0n) is 17.1. The maximum Gasteiger partial charge on any atom is 0.317 e. The van der Waals surface area contributed by atoms with Gasteiger partial charge in [0.05, 0.1) is 0 Å². The Kier molecular flexibility index (Phi) is 6.70. The smallest absolute Gasteiger partial charge is 0.317 e. The number of hydrogen-bond donors (Lipinski definition) is 1. The first kappa shape index (κ1) is 20.1. The molecule has 152 valence electrons. The lowest BCUT2D eigenvalue weighted by molar-refractivity contribution is 0.0851. The molecule has 1 N–H and O–H groups in total. The normalized spacial score (nSPS) is 21.9. The Balaban J connectivity index is 1.38. The summed E-state index contributed by atoms with van der Waals surface area (Å²) in [4.78, 5) is 23.4. The Morgan fingerprint density at radius 1 is 1.26 bits per heavy atom. The third-order valence-corrected chi connectivity index (χ3v) is 6.20.